The molecule has 2 rings (SSSR count). The molecule has 0 aromatic heterocycles. The summed E-state index contributed by atoms with van der Waals surface area (Å²) in [7, 11) is 0. The number of ether oxygens (including phenoxy) is 1. The molecule has 1 unspecified atom stereocenters. The number of hydrogen-bond donors (Lipinski definition) is 2. The van der Waals surface area contributed by atoms with Gasteiger partial charge in [-0.3, -0.25) is 9.59 Å². The van der Waals surface area contributed by atoms with E-state index in [0.717, 1.165) is 0 Å². The van der Waals surface area contributed by atoms with Crippen molar-refractivity contribution in [1.82, 2.24) is 0 Å². The summed E-state index contributed by atoms with van der Waals surface area (Å²) in [6.45, 7) is 4.88. The molecule has 0 saturated carbocycles. The number of benzene rings is 2. The molecule has 2 aromatic rings. The minimum Gasteiger partial charge on any atom is -0.481 e. The number of nitrogens with one attached hydrogen (secondary N) is 1. The Labute approximate surface area is 151 Å². The minimum absolute atomic E-state index is 0.354. The number of carboxylic acid groups (broad SMARTS) is 1. The quantitative estimate of drug-likeness (QED) is 0.803. The van der Waals surface area contributed by atoms with Crippen molar-refractivity contribution in [1.29, 1.82) is 0 Å². The lowest BCUT2D eigenvalue weighted by Crippen LogP contribution is -2.42. The Balaban J connectivity index is 2.12. The minimum atomic E-state index is -1.14. The molecule has 0 radical (unpaired) electrons. The first-order chi connectivity index (χ1) is 11.7. The maximum absolute atomic E-state index is 12.6. The van der Waals surface area contributed by atoms with Crippen LogP contribution in [0.25, 0.3) is 0 Å². The van der Waals surface area contributed by atoms with Crippen LogP contribution in [0.4, 0.5) is 5.69 Å². The summed E-state index contributed by atoms with van der Waals surface area (Å²) in [5, 5.41) is 12.4. The number of amides is 1. The smallest absolute Gasteiger partial charge is 0.310 e. The lowest BCUT2D eigenvalue weighted by Gasteiger charge is -2.25. The molecule has 0 heterocycles. The topological polar surface area (TPSA) is 75.6 Å². The molecule has 0 bridgehead atoms. The van der Waals surface area contributed by atoms with Crippen LogP contribution in [0.15, 0.2) is 48.5 Å². The molecule has 5 nitrogen and oxygen atoms in total. The molecule has 25 heavy (non-hydrogen) atoms. The number of halogens is 1. The second-order valence-electron chi connectivity index (χ2n) is 6.21. The Morgan fingerprint density at radius 1 is 1.16 bits per heavy atom. The summed E-state index contributed by atoms with van der Waals surface area (Å²) in [6, 6.07) is 13.6. The van der Waals surface area contributed by atoms with Crippen LogP contribution in [0.2, 0.25) is 5.02 Å². The van der Waals surface area contributed by atoms with Gasteiger partial charge in [-0.15, -0.1) is 0 Å². The van der Waals surface area contributed by atoms with Crippen molar-refractivity contribution in [2.24, 2.45) is 0 Å². The van der Waals surface area contributed by atoms with Crippen molar-refractivity contribution in [3.8, 4) is 5.75 Å². The van der Waals surface area contributed by atoms with Crippen molar-refractivity contribution in [3.05, 3.63) is 59.1 Å². The number of aliphatic carboxylic acids is 1. The van der Waals surface area contributed by atoms with E-state index in [-0.39, 0.29) is 5.91 Å². The molecular weight excluding hydrogens is 342 g/mol. The normalized spacial score (nSPS) is 12.3. The van der Waals surface area contributed by atoms with E-state index >= 15 is 0 Å². The van der Waals surface area contributed by atoms with Gasteiger partial charge in [0.25, 0.3) is 5.91 Å². The number of carbonyl (C=O) groups is 2. The van der Waals surface area contributed by atoms with Gasteiger partial charge in [0.1, 0.15) is 5.75 Å². The monoisotopic (exact) mass is 361 g/mol. The fraction of sp³-hybridized carbons (Fsp3) is 0.263. The Morgan fingerprint density at radius 3 is 2.48 bits per heavy atom. The van der Waals surface area contributed by atoms with E-state index in [2.05, 4.69) is 5.32 Å². The maximum atomic E-state index is 12.6. The van der Waals surface area contributed by atoms with Crippen molar-refractivity contribution in [2.45, 2.75) is 32.3 Å². The Morgan fingerprint density at radius 2 is 1.84 bits per heavy atom. The fourth-order valence-electron chi connectivity index (χ4n) is 2.18. The van der Waals surface area contributed by atoms with Crippen molar-refractivity contribution in [2.75, 3.05) is 5.32 Å². The summed E-state index contributed by atoms with van der Waals surface area (Å²) < 4.78 is 5.74. The van der Waals surface area contributed by atoms with E-state index in [9.17, 15) is 9.59 Å². The van der Waals surface area contributed by atoms with Gasteiger partial charge >= 0.3 is 5.97 Å². The zero-order valence-electron chi connectivity index (χ0n) is 14.2. The van der Waals surface area contributed by atoms with E-state index in [1.165, 1.54) is 0 Å². The second kappa shape index (κ2) is 7.57. The second-order valence-corrected chi connectivity index (χ2v) is 6.65. The highest BCUT2D eigenvalue weighted by Crippen LogP contribution is 2.24. The molecule has 0 saturated heterocycles. The molecule has 2 N–H and O–H groups in total. The average molecular weight is 362 g/mol. The van der Waals surface area contributed by atoms with Gasteiger partial charge in [-0.25, -0.2) is 0 Å². The SMILES string of the molecule is CC(C(=O)O)c1cccc(NC(=O)C(C)(C)Oc2cccc(Cl)c2)c1. The van der Waals surface area contributed by atoms with E-state index in [1.54, 1.807) is 69.3 Å². The van der Waals surface area contributed by atoms with Crippen LogP contribution in [0.1, 0.15) is 32.3 Å². The van der Waals surface area contributed by atoms with E-state index in [1.807, 2.05) is 0 Å². The Bertz CT molecular complexity index is 788. The van der Waals surface area contributed by atoms with E-state index in [0.29, 0.717) is 22.0 Å². The number of carboxylic acids is 1. The number of anilines is 1. The van der Waals surface area contributed by atoms with Gasteiger partial charge in [-0.05, 0) is 56.7 Å². The summed E-state index contributed by atoms with van der Waals surface area (Å²) in [5.41, 5.74) is -0.0173. The molecule has 2 aromatic carbocycles. The molecule has 0 aliphatic carbocycles. The van der Waals surface area contributed by atoms with Crippen LogP contribution >= 0.6 is 11.6 Å². The molecule has 0 spiro atoms. The van der Waals surface area contributed by atoms with Gasteiger partial charge in [-0.2, -0.15) is 0 Å². The highest BCUT2D eigenvalue weighted by Gasteiger charge is 2.30. The third kappa shape index (κ3) is 4.97. The largest absolute Gasteiger partial charge is 0.481 e. The van der Waals surface area contributed by atoms with Gasteiger partial charge < -0.3 is 15.2 Å². The van der Waals surface area contributed by atoms with Crippen LogP contribution < -0.4 is 10.1 Å². The van der Waals surface area contributed by atoms with Crippen LogP contribution in [0.3, 0.4) is 0 Å². The molecule has 0 aliphatic rings. The highest BCUT2D eigenvalue weighted by atomic mass is 35.5. The summed E-state index contributed by atoms with van der Waals surface area (Å²) in [5.74, 6) is -1.45. The van der Waals surface area contributed by atoms with Crippen LogP contribution in [0.5, 0.6) is 5.75 Å². The summed E-state index contributed by atoms with van der Waals surface area (Å²) in [6.07, 6.45) is 0. The first kappa shape index (κ1) is 18.8. The lowest BCUT2D eigenvalue weighted by molar-refractivity contribution is -0.138. The van der Waals surface area contributed by atoms with Crippen LogP contribution in [0, 0.1) is 0 Å². The van der Waals surface area contributed by atoms with Crippen LogP contribution in [-0.4, -0.2) is 22.6 Å². The molecule has 0 fully saturated rings. The number of carbonyl (C=O) groups excluding carboxylic acids is 1. The predicted octanol–water partition coefficient (Wildman–Crippen LogP) is 4.32. The third-order valence-corrected chi connectivity index (χ3v) is 3.97. The van der Waals surface area contributed by atoms with Gasteiger partial charge in [0.05, 0.1) is 5.92 Å². The maximum Gasteiger partial charge on any atom is 0.310 e. The molecule has 0 aliphatic heterocycles. The zero-order chi connectivity index (χ0) is 18.6. The first-order valence-electron chi connectivity index (χ1n) is 7.78. The Kier molecular flexibility index (Phi) is 5.69. The van der Waals surface area contributed by atoms with Crippen molar-refractivity contribution < 1.29 is 19.4 Å². The van der Waals surface area contributed by atoms with Crippen LogP contribution in [-0.2, 0) is 9.59 Å². The predicted molar refractivity (Wildman–Crippen MR) is 97.3 cm³/mol. The molecule has 1 atom stereocenters. The Hall–Kier alpha value is -2.53. The molecule has 132 valence electrons. The summed E-state index contributed by atoms with van der Waals surface area (Å²) >= 11 is 5.93. The van der Waals surface area contributed by atoms with Crippen molar-refractivity contribution >= 4 is 29.2 Å². The highest BCUT2D eigenvalue weighted by molar-refractivity contribution is 6.30. The first-order valence-corrected chi connectivity index (χ1v) is 8.15. The van der Waals surface area contributed by atoms with Gasteiger partial charge in [-0.1, -0.05) is 29.8 Å². The zero-order valence-corrected chi connectivity index (χ0v) is 15.0. The molecule has 6 heteroatoms. The lowest BCUT2D eigenvalue weighted by atomic mass is 10.0. The van der Waals surface area contributed by atoms with Gasteiger partial charge in [0.2, 0.25) is 0 Å². The van der Waals surface area contributed by atoms with Gasteiger partial charge in [0.15, 0.2) is 5.60 Å². The number of rotatable bonds is 6. The van der Waals surface area contributed by atoms with Crippen molar-refractivity contribution in [3.63, 3.8) is 0 Å². The fourth-order valence-corrected chi connectivity index (χ4v) is 2.36. The van der Waals surface area contributed by atoms with E-state index < -0.39 is 17.5 Å². The average Bonchev–Trinajstić information content (AvgIpc) is 2.53. The summed E-state index contributed by atoms with van der Waals surface area (Å²) in [4.78, 5) is 23.7. The standard InChI is InChI=1S/C19H20ClNO4/c1-12(17(22)23)13-6-4-8-15(10-13)21-18(24)19(2,3)25-16-9-5-7-14(20)11-16/h4-12H,1-3H3,(H,21,24)(H,22,23). The van der Waals surface area contributed by atoms with E-state index in [4.69, 9.17) is 21.4 Å². The third-order valence-electron chi connectivity index (χ3n) is 3.73. The number of hydrogen-bond acceptors (Lipinski definition) is 3. The van der Waals surface area contributed by atoms with Gasteiger partial charge in [0, 0.05) is 10.7 Å². The molecule has 1 amide bonds. The molecular formula is C19H20ClNO4.